The lowest BCUT2D eigenvalue weighted by Crippen LogP contribution is -2.17. The SMILES string of the molecule is CC(C)C1CCC(=CCC(C)(C)CO)CC1. The van der Waals surface area contributed by atoms with Gasteiger partial charge in [0.25, 0.3) is 0 Å². The summed E-state index contributed by atoms with van der Waals surface area (Å²) in [5.74, 6) is 1.78. The fourth-order valence-corrected chi connectivity index (χ4v) is 2.37. The van der Waals surface area contributed by atoms with Crippen LogP contribution in [-0.2, 0) is 0 Å². The Morgan fingerprint density at radius 1 is 1.31 bits per heavy atom. The molecule has 0 aromatic carbocycles. The zero-order valence-corrected chi connectivity index (χ0v) is 11.4. The van der Waals surface area contributed by atoms with Gasteiger partial charge in [0, 0.05) is 6.61 Å². The molecular weight excluding hydrogens is 196 g/mol. The number of allylic oxidation sites excluding steroid dienone is 2. The lowest BCUT2D eigenvalue weighted by Gasteiger charge is -2.28. The molecule has 0 bridgehead atoms. The Balaban J connectivity index is 2.39. The van der Waals surface area contributed by atoms with Gasteiger partial charge < -0.3 is 5.11 Å². The lowest BCUT2D eigenvalue weighted by atomic mass is 9.78. The zero-order valence-electron chi connectivity index (χ0n) is 11.4. The van der Waals surface area contributed by atoms with Gasteiger partial charge in [-0.1, -0.05) is 39.3 Å². The molecule has 0 radical (unpaired) electrons. The Bertz CT molecular complexity index is 228. The summed E-state index contributed by atoms with van der Waals surface area (Å²) >= 11 is 0. The monoisotopic (exact) mass is 224 g/mol. The van der Waals surface area contributed by atoms with Crippen LogP contribution in [0.25, 0.3) is 0 Å². The number of rotatable bonds is 4. The van der Waals surface area contributed by atoms with Gasteiger partial charge in [-0.3, -0.25) is 0 Å². The van der Waals surface area contributed by atoms with E-state index >= 15 is 0 Å². The van der Waals surface area contributed by atoms with E-state index in [1.807, 2.05) is 0 Å². The molecule has 94 valence electrons. The number of aliphatic hydroxyl groups is 1. The minimum absolute atomic E-state index is 0.0574. The largest absolute Gasteiger partial charge is 0.396 e. The number of aliphatic hydroxyl groups excluding tert-OH is 1. The summed E-state index contributed by atoms with van der Waals surface area (Å²) in [5.41, 5.74) is 1.68. The maximum Gasteiger partial charge on any atom is 0.0485 e. The molecule has 1 rings (SSSR count). The van der Waals surface area contributed by atoms with Crippen molar-refractivity contribution in [1.29, 1.82) is 0 Å². The third-order valence-corrected chi connectivity index (χ3v) is 3.99. The second kappa shape index (κ2) is 5.86. The molecule has 1 saturated carbocycles. The van der Waals surface area contributed by atoms with Crippen LogP contribution >= 0.6 is 0 Å². The molecule has 1 N–H and O–H groups in total. The van der Waals surface area contributed by atoms with Crippen LogP contribution < -0.4 is 0 Å². The van der Waals surface area contributed by atoms with Crippen molar-refractivity contribution in [3.8, 4) is 0 Å². The van der Waals surface area contributed by atoms with Gasteiger partial charge in [0.1, 0.15) is 0 Å². The smallest absolute Gasteiger partial charge is 0.0485 e. The molecule has 0 heterocycles. The molecule has 16 heavy (non-hydrogen) atoms. The minimum Gasteiger partial charge on any atom is -0.396 e. The van der Waals surface area contributed by atoms with E-state index in [9.17, 15) is 5.11 Å². The van der Waals surface area contributed by atoms with Crippen molar-refractivity contribution in [1.82, 2.24) is 0 Å². The highest BCUT2D eigenvalue weighted by Gasteiger charge is 2.20. The molecule has 1 nitrogen and oxygen atoms in total. The molecular formula is C15H28O. The molecule has 1 aliphatic carbocycles. The van der Waals surface area contributed by atoms with Crippen LogP contribution in [0, 0.1) is 17.3 Å². The maximum absolute atomic E-state index is 9.21. The normalized spacial score (nSPS) is 22.6. The van der Waals surface area contributed by atoms with E-state index in [0.29, 0.717) is 0 Å². The molecule has 0 unspecified atom stereocenters. The minimum atomic E-state index is 0.0574. The number of hydrogen-bond acceptors (Lipinski definition) is 1. The van der Waals surface area contributed by atoms with Crippen molar-refractivity contribution < 1.29 is 5.11 Å². The first-order valence-corrected chi connectivity index (χ1v) is 6.73. The predicted molar refractivity (Wildman–Crippen MR) is 70.4 cm³/mol. The first-order valence-electron chi connectivity index (χ1n) is 6.73. The standard InChI is InChI=1S/C15H28O/c1-12(2)14-7-5-13(6-8-14)9-10-15(3,4)11-16/h9,12,14,16H,5-8,10-11H2,1-4H3. The van der Waals surface area contributed by atoms with E-state index in [1.165, 1.54) is 25.7 Å². The molecule has 0 spiro atoms. The van der Waals surface area contributed by atoms with Gasteiger partial charge >= 0.3 is 0 Å². The van der Waals surface area contributed by atoms with Crippen LogP contribution in [0.4, 0.5) is 0 Å². The molecule has 0 aromatic heterocycles. The first kappa shape index (κ1) is 13.8. The predicted octanol–water partition coefficient (Wildman–Crippen LogP) is 4.17. The van der Waals surface area contributed by atoms with Crippen LogP contribution in [-0.4, -0.2) is 11.7 Å². The van der Waals surface area contributed by atoms with E-state index in [4.69, 9.17) is 0 Å². The van der Waals surface area contributed by atoms with Crippen molar-refractivity contribution in [2.75, 3.05) is 6.61 Å². The summed E-state index contributed by atoms with van der Waals surface area (Å²) in [6.07, 6.45) is 8.69. The van der Waals surface area contributed by atoms with Gasteiger partial charge in [-0.25, -0.2) is 0 Å². The molecule has 0 amide bonds. The fraction of sp³-hybridized carbons (Fsp3) is 0.867. The summed E-state index contributed by atoms with van der Waals surface area (Å²) in [5, 5.41) is 9.21. The molecule has 1 heteroatoms. The summed E-state index contributed by atoms with van der Waals surface area (Å²) in [6, 6.07) is 0. The molecule has 1 fully saturated rings. The van der Waals surface area contributed by atoms with Crippen molar-refractivity contribution >= 4 is 0 Å². The van der Waals surface area contributed by atoms with Crippen molar-refractivity contribution in [2.24, 2.45) is 17.3 Å². The summed E-state index contributed by atoms with van der Waals surface area (Å²) in [6.45, 7) is 9.22. The third-order valence-electron chi connectivity index (χ3n) is 3.99. The van der Waals surface area contributed by atoms with Crippen LogP contribution in [0.2, 0.25) is 0 Å². The van der Waals surface area contributed by atoms with Gasteiger partial charge in [0.05, 0.1) is 0 Å². The quantitative estimate of drug-likeness (QED) is 0.711. The van der Waals surface area contributed by atoms with Gasteiger partial charge in [0.15, 0.2) is 0 Å². The lowest BCUT2D eigenvalue weighted by molar-refractivity contribution is 0.162. The highest BCUT2D eigenvalue weighted by molar-refractivity contribution is 5.06. The topological polar surface area (TPSA) is 20.2 Å². The summed E-state index contributed by atoms with van der Waals surface area (Å²) in [4.78, 5) is 0. The Kier molecular flexibility index (Phi) is 5.04. The van der Waals surface area contributed by atoms with Gasteiger partial charge in [-0.05, 0) is 49.4 Å². The van der Waals surface area contributed by atoms with Crippen LogP contribution in [0.1, 0.15) is 59.8 Å². The molecule has 0 atom stereocenters. The van der Waals surface area contributed by atoms with E-state index in [0.717, 1.165) is 18.3 Å². The second-order valence-corrected chi connectivity index (χ2v) is 6.47. The first-order chi connectivity index (χ1) is 7.44. The average Bonchev–Trinajstić information content (AvgIpc) is 2.27. The van der Waals surface area contributed by atoms with Crippen LogP contribution in [0.3, 0.4) is 0 Å². The van der Waals surface area contributed by atoms with Crippen LogP contribution in [0.5, 0.6) is 0 Å². The Morgan fingerprint density at radius 3 is 2.31 bits per heavy atom. The van der Waals surface area contributed by atoms with E-state index in [2.05, 4.69) is 33.8 Å². The Labute approximate surface area is 101 Å². The van der Waals surface area contributed by atoms with Gasteiger partial charge in [-0.15, -0.1) is 0 Å². The zero-order chi connectivity index (χ0) is 12.2. The Morgan fingerprint density at radius 2 is 1.88 bits per heavy atom. The second-order valence-electron chi connectivity index (χ2n) is 6.47. The Hall–Kier alpha value is -0.300. The van der Waals surface area contributed by atoms with E-state index in [-0.39, 0.29) is 12.0 Å². The maximum atomic E-state index is 9.21. The van der Waals surface area contributed by atoms with Crippen LogP contribution in [0.15, 0.2) is 11.6 Å². The summed E-state index contributed by atoms with van der Waals surface area (Å²) in [7, 11) is 0. The highest BCUT2D eigenvalue weighted by atomic mass is 16.3. The molecule has 0 saturated heterocycles. The highest BCUT2D eigenvalue weighted by Crippen LogP contribution is 2.34. The average molecular weight is 224 g/mol. The third kappa shape index (κ3) is 4.29. The summed E-state index contributed by atoms with van der Waals surface area (Å²) < 4.78 is 0. The van der Waals surface area contributed by atoms with E-state index < -0.39 is 0 Å². The molecule has 0 aliphatic heterocycles. The van der Waals surface area contributed by atoms with Gasteiger partial charge in [0.2, 0.25) is 0 Å². The van der Waals surface area contributed by atoms with Crippen molar-refractivity contribution in [2.45, 2.75) is 59.8 Å². The van der Waals surface area contributed by atoms with Crippen molar-refractivity contribution in [3.05, 3.63) is 11.6 Å². The fourth-order valence-electron chi connectivity index (χ4n) is 2.37. The van der Waals surface area contributed by atoms with Gasteiger partial charge in [-0.2, -0.15) is 0 Å². The van der Waals surface area contributed by atoms with Crippen molar-refractivity contribution in [3.63, 3.8) is 0 Å². The van der Waals surface area contributed by atoms with E-state index in [1.54, 1.807) is 5.57 Å². The number of hydrogen-bond donors (Lipinski definition) is 1. The molecule has 0 aromatic rings. The molecule has 1 aliphatic rings.